The van der Waals surface area contributed by atoms with Crippen molar-refractivity contribution in [1.82, 2.24) is 19.8 Å². The van der Waals surface area contributed by atoms with Gasteiger partial charge in [0.1, 0.15) is 29.7 Å². The number of aryl methyl sites for hydroxylation is 2. The number of amides is 1. The molecule has 0 aliphatic carbocycles. The molecule has 1 aromatic heterocycles. The van der Waals surface area contributed by atoms with E-state index in [1.54, 1.807) is 32.4 Å². The van der Waals surface area contributed by atoms with Gasteiger partial charge >= 0.3 is 6.09 Å². The molecule has 0 atom stereocenters. The fourth-order valence-electron chi connectivity index (χ4n) is 5.51. The second-order valence-corrected chi connectivity index (χ2v) is 12.0. The fourth-order valence-corrected chi connectivity index (χ4v) is 5.51. The Kier molecular flexibility index (Phi) is 12.3. The zero-order chi connectivity index (χ0) is 35.6. The highest BCUT2D eigenvalue weighted by Gasteiger charge is 2.27. The highest BCUT2D eigenvalue weighted by molar-refractivity contribution is 5.98. The Morgan fingerprint density at radius 1 is 0.900 bits per heavy atom. The van der Waals surface area contributed by atoms with Crippen LogP contribution >= 0.6 is 0 Å². The molecule has 0 radical (unpaired) electrons. The van der Waals surface area contributed by atoms with E-state index in [2.05, 4.69) is 32.1 Å². The molecule has 266 valence electrons. The highest BCUT2D eigenvalue weighted by Crippen LogP contribution is 2.41. The van der Waals surface area contributed by atoms with Gasteiger partial charge in [-0.1, -0.05) is 25.1 Å². The van der Waals surface area contributed by atoms with E-state index in [0.29, 0.717) is 48.3 Å². The summed E-state index contributed by atoms with van der Waals surface area (Å²) in [5, 5.41) is 3.18. The molecule has 12 nitrogen and oxygen atoms in total. The number of anilines is 4. The number of ether oxygens (including phenoxy) is 5. The molecule has 3 aromatic carbocycles. The summed E-state index contributed by atoms with van der Waals surface area (Å²) in [6, 6.07) is 14.6. The van der Waals surface area contributed by atoms with Crippen molar-refractivity contribution in [3.63, 3.8) is 0 Å². The Labute approximate surface area is 292 Å². The third-order valence-corrected chi connectivity index (χ3v) is 8.24. The van der Waals surface area contributed by atoms with Crippen LogP contribution in [0.3, 0.4) is 0 Å². The number of rotatable bonds is 14. The van der Waals surface area contributed by atoms with Crippen molar-refractivity contribution in [2.75, 3.05) is 77.4 Å². The molecule has 2 heterocycles. The van der Waals surface area contributed by atoms with Gasteiger partial charge in [-0.3, -0.25) is 4.90 Å². The first-order chi connectivity index (χ1) is 24.2. The van der Waals surface area contributed by atoms with Crippen LogP contribution in [0.15, 0.2) is 60.8 Å². The van der Waals surface area contributed by atoms with E-state index in [1.807, 2.05) is 39.0 Å². The van der Waals surface area contributed by atoms with Crippen molar-refractivity contribution >= 4 is 29.2 Å². The monoisotopic (exact) mass is 688 g/mol. The summed E-state index contributed by atoms with van der Waals surface area (Å²) < 4.78 is 43.8. The number of piperazine rings is 1. The molecule has 1 fully saturated rings. The third-order valence-electron chi connectivity index (χ3n) is 8.24. The van der Waals surface area contributed by atoms with Crippen LogP contribution in [0.4, 0.5) is 32.3 Å². The zero-order valence-corrected chi connectivity index (χ0v) is 29.5. The van der Waals surface area contributed by atoms with Gasteiger partial charge in [0.2, 0.25) is 11.7 Å². The number of aromatic nitrogens is 2. The summed E-state index contributed by atoms with van der Waals surface area (Å²) in [6.45, 7) is 11.2. The van der Waals surface area contributed by atoms with Gasteiger partial charge in [0.05, 0.1) is 26.5 Å². The average Bonchev–Trinajstić information content (AvgIpc) is 3.11. The van der Waals surface area contributed by atoms with Gasteiger partial charge < -0.3 is 33.9 Å². The molecule has 1 amide bonds. The van der Waals surface area contributed by atoms with E-state index in [1.165, 1.54) is 29.3 Å². The van der Waals surface area contributed by atoms with E-state index in [-0.39, 0.29) is 23.2 Å². The van der Waals surface area contributed by atoms with Crippen molar-refractivity contribution in [2.45, 2.75) is 27.2 Å². The molecule has 0 bridgehead atoms. The third kappa shape index (κ3) is 8.90. The predicted molar refractivity (Wildman–Crippen MR) is 191 cm³/mol. The van der Waals surface area contributed by atoms with E-state index in [9.17, 15) is 9.18 Å². The van der Waals surface area contributed by atoms with Gasteiger partial charge in [-0.15, -0.1) is 0 Å². The SMILES string of the molecule is CCCOc1cc(F)ccc1N(C(=O)Oc1c(C)cccc1C)c1ccnc(Nc2cc(OC)c(OCCN3CCN(C)CC3)c(OC)c2)n1. The molecule has 1 saturated heterocycles. The molecular formula is C37H45FN6O6. The van der Waals surface area contributed by atoms with Crippen molar-refractivity contribution < 1.29 is 32.9 Å². The second kappa shape index (κ2) is 17.0. The van der Waals surface area contributed by atoms with Crippen LogP contribution in [0.25, 0.3) is 0 Å². The lowest BCUT2D eigenvalue weighted by Gasteiger charge is -2.32. The number of hydrogen-bond donors (Lipinski definition) is 1. The average molecular weight is 689 g/mol. The first-order valence-electron chi connectivity index (χ1n) is 16.6. The maximum atomic E-state index is 14.4. The Morgan fingerprint density at radius 2 is 1.60 bits per heavy atom. The Balaban J connectivity index is 1.44. The van der Waals surface area contributed by atoms with Gasteiger partial charge in [-0.25, -0.2) is 19.1 Å². The van der Waals surface area contributed by atoms with Crippen molar-refractivity contribution in [2.24, 2.45) is 0 Å². The Bertz CT molecular complexity index is 1720. The second-order valence-electron chi connectivity index (χ2n) is 12.0. The van der Waals surface area contributed by atoms with E-state index in [4.69, 9.17) is 23.7 Å². The fraction of sp³-hybridized carbons (Fsp3) is 0.378. The van der Waals surface area contributed by atoms with Gasteiger partial charge in [0, 0.05) is 68.9 Å². The van der Waals surface area contributed by atoms with Crippen LogP contribution in [-0.4, -0.2) is 93.1 Å². The summed E-state index contributed by atoms with van der Waals surface area (Å²) in [7, 11) is 5.25. The number of para-hydroxylation sites is 1. The Morgan fingerprint density at radius 3 is 2.26 bits per heavy atom. The van der Waals surface area contributed by atoms with Crippen molar-refractivity contribution in [1.29, 1.82) is 0 Å². The smallest absolute Gasteiger partial charge is 0.425 e. The molecule has 5 rings (SSSR count). The summed E-state index contributed by atoms with van der Waals surface area (Å²) >= 11 is 0. The number of nitrogens with one attached hydrogen (secondary N) is 1. The number of hydrogen-bond acceptors (Lipinski definition) is 11. The summed E-state index contributed by atoms with van der Waals surface area (Å²) in [5.74, 6) is 1.80. The lowest BCUT2D eigenvalue weighted by atomic mass is 10.1. The molecule has 50 heavy (non-hydrogen) atoms. The lowest BCUT2D eigenvalue weighted by Crippen LogP contribution is -2.45. The van der Waals surface area contributed by atoms with Crippen LogP contribution < -0.4 is 33.9 Å². The topological polar surface area (TPSA) is 111 Å². The minimum Gasteiger partial charge on any atom is -0.493 e. The van der Waals surface area contributed by atoms with Crippen molar-refractivity contribution in [3.05, 3.63) is 77.7 Å². The minimum absolute atomic E-state index is 0.162. The molecule has 4 aromatic rings. The number of methoxy groups -OCH3 is 2. The standard InChI is InChI=1S/C37H45FN6O6/c1-7-20-48-30-22-27(38)11-12-29(30)44(37(45)50-34-25(2)9-8-10-26(34)3)33-13-14-39-36(41-33)40-28-23-31(46-5)35(32(24-28)47-6)49-21-19-43-17-15-42(4)16-18-43/h8-14,22-24H,7,15-21H2,1-6H3,(H,39,40,41). The number of halogens is 1. The Hall–Kier alpha value is -5.14. The predicted octanol–water partition coefficient (Wildman–Crippen LogP) is 6.75. The van der Waals surface area contributed by atoms with Crippen LogP contribution in [0.5, 0.6) is 28.7 Å². The number of benzene rings is 3. The summed E-state index contributed by atoms with van der Waals surface area (Å²) in [6.07, 6.45) is 1.42. The molecule has 1 aliphatic rings. The zero-order valence-electron chi connectivity index (χ0n) is 29.5. The molecule has 13 heteroatoms. The number of carbonyl (C=O) groups is 1. The molecule has 0 spiro atoms. The summed E-state index contributed by atoms with van der Waals surface area (Å²) in [4.78, 5) is 29.0. The summed E-state index contributed by atoms with van der Waals surface area (Å²) in [5.41, 5.74) is 2.36. The van der Waals surface area contributed by atoms with E-state index < -0.39 is 11.9 Å². The van der Waals surface area contributed by atoms with Crippen molar-refractivity contribution in [3.8, 4) is 28.7 Å². The maximum Gasteiger partial charge on any atom is 0.425 e. The quantitative estimate of drug-likeness (QED) is 0.152. The highest BCUT2D eigenvalue weighted by atomic mass is 19.1. The lowest BCUT2D eigenvalue weighted by molar-refractivity contribution is 0.131. The molecule has 1 N–H and O–H groups in total. The first-order valence-corrected chi connectivity index (χ1v) is 16.6. The van der Waals surface area contributed by atoms with Crippen LogP contribution in [0.1, 0.15) is 24.5 Å². The minimum atomic E-state index is -0.763. The molecule has 0 unspecified atom stereocenters. The number of carbonyl (C=O) groups excluding carboxylic acids is 1. The molecule has 0 saturated carbocycles. The molecule has 1 aliphatic heterocycles. The largest absolute Gasteiger partial charge is 0.493 e. The van der Waals surface area contributed by atoms with Crippen LogP contribution in [-0.2, 0) is 0 Å². The maximum absolute atomic E-state index is 14.4. The molecular weight excluding hydrogens is 643 g/mol. The van der Waals surface area contributed by atoms with Crippen LogP contribution in [0.2, 0.25) is 0 Å². The van der Waals surface area contributed by atoms with Gasteiger partial charge in [0.15, 0.2) is 11.5 Å². The van der Waals surface area contributed by atoms with Gasteiger partial charge in [-0.05, 0) is 50.6 Å². The van der Waals surface area contributed by atoms with Crippen LogP contribution in [0, 0.1) is 19.7 Å². The van der Waals surface area contributed by atoms with E-state index in [0.717, 1.165) is 43.9 Å². The normalized spacial score (nSPS) is 13.4. The number of nitrogens with zero attached hydrogens (tertiary/aromatic N) is 5. The van der Waals surface area contributed by atoms with E-state index >= 15 is 0 Å². The number of likely N-dealkylation sites (N-methyl/N-ethyl adjacent to an activating group) is 1. The van der Waals surface area contributed by atoms with Gasteiger partial charge in [0.25, 0.3) is 0 Å². The van der Waals surface area contributed by atoms with Gasteiger partial charge in [-0.2, -0.15) is 4.98 Å². The first kappa shape index (κ1) is 36.1.